The van der Waals surface area contributed by atoms with E-state index >= 15 is 0 Å². The lowest BCUT2D eigenvalue weighted by molar-refractivity contribution is 0.0696. The summed E-state index contributed by atoms with van der Waals surface area (Å²) >= 11 is 0. The second-order valence-electron chi connectivity index (χ2n) is 4.96. The van der Waals surface area contributed by atoms with Crippen molar-refractivity contribution in [1.29, 1.82) is 0 Å². The highest BCUT2D eigenvalue weighted by Gasteiger charge is 2.08. The minimum Gasteiger partial charge on any atom is -0.478 e. The van der Waals surface area contributed by atoms with Gasteiger partial charge in [-0.2, -0.15) is 0 Å². The number of carboxylic acid groups (broad SMARTS) is 1. The van der Waals surface area contributed by atoms with Crippen molar-refractivity contribution in [2.24, 2.45) is 5.73 Å². The second kappa shape index (κ2) is 5.76. The van der Waals surface area contributed by atoms with Gasteiger partial charge in [0.1, 0.15) is 5.65 Å². The fraction of sp³-hybridized carbons (Fsp3) is 0. The minimum absolute atomic E-state index is 0.113. The number of allylic oxidation sites excluding steroid dienone is 1. The molecule has 6 nitrogen and oxygen atoms in total. The molecule has 0 bridgehead atoms. The highest BCUT2D eigenvalue weighted by Crippen LogP contribution is 2.12. The van der Waals surface area contributed by atoms with Crippen LogP contribution in [0.5, 0.6) is 0 Å². The molecule has 23 heavy (non-hydrogen) atoms. The van der Waals surface area contributed by atoms with E-state index in [1.807, 2.05) is 18.2 Å². The molecule has 3 aromatic rings. The van der Waals surface area contributed by atoms with Gasteiger partial charge in [0.25, 0.3) is 0 Å². The van der Waals surface area contributed by atoms with E-state index in [0.29, 0.717) is 16.4 Å². The standard InChI is InChI=1S/C17H14N4O2/c1-10(11-3-2-4-19-8-11)5-13-14-6-12(17(22)23)9-20-16(14)21-15(13)7-18/h2-9H,1,18H2,(H,20,21)(H,22,23)/b13-5-,15-7+. The van der Waals surface area contributed by atoms with Crippen LogP contribution in [0.1, 0.15) is 15.9 Å². The molecule has 0 atom stereocenters. The molecule has 0 unspecified atom stereocenters. The Morgan fingerprint density at radius 2 is 2.17 bits per heavy atom. The highest BCUT2D eigenvalue weighted by atomic mass is 16.4. The molecule has 0 spiro atoms. The zero-order chi connectivity index (χ0) is 16.4. The number of H-pyrrole nitrogens is 1. The maximum atomic E-state index is 11.2. The Bertz CT molecular complexity index is 1020. The molecule has 0 amide bonds. The molecule has 0 saturated heterocycles. The lowest BCUT2D eigenvalue weighted by atomic mass is 10.1. The molecule has 0 fully saturated rings. The van der Waals surface area contributed by atoms with Gasteiger partial charge >= 0.3 is 5.97 Å². The summed E-state index contributed by atoms with van der Waals surface area (Å²) in [7, 11) is 0. The molecule has 3 rings (SSSR count). The van der Waals surface area contributed by atoms with E-state index in [9.17, 15) is 4.79 Å². The van der Waals surface area contributed by atoms with Gasteiger partial charge in [0.05, 0.1) is 10.9 Å². The van der Waals surface area contributed by atoms with Crippen molar-refractivity contribution in [1.82, 2.24) is 15.0 Å². The van der Waals surface area contributed by atoms with Crippen molar-refractivity contribution in [3.05, 3.63) is 65.1 Å². The van der Waals surface area contributed by atoms with Gasteiger partial charge in [0.2, 0.25) is 0 Å². The smallest absolute Gasteiger partial charge is 0.337 e. The Kier molecular flexibility index (Phi) is 3.64. The first-order chi connectivity index (χ1) is 11.1. The van der Waals surface area contributed by atoms with Crippen LogP contribution < -0.4 is 16.3 Å². The molecule has 0 radical (unpaired) electrons. The number of fused-ring (bicyclic) bond motifs is 1. The lowest BCUT2D eigenvalue weighted by Crippen LogP contribution is -2.24. The number of pyridine rings is 2. The maximum absolute atomic E-state index is 11.2. The number of nitrogens with zero attached hydrogens (tertiary/aromatic N) is 2. The third kappa shape index (κ3) is 2.69. The molecule has 0 aromatic carbocycles. The predicted octanol–water partition coefficient (Wildman–Crippen LogP) is 0.847. The molecule has 4 N–H and O–H groups in total. The van der Waals surface area contributed by atoms with Gasteiger partial charge in [-0.1, -0.05) is 12.6 Å². The molecule has 3 aromatic heterocycles. The van der Waals surface area contributed by atoms with Crippen LogP contribution in [0.2, 0.25) is 0 Å². The zero-order valence-electron chi connectivity index (χ0n) is 12.2. The Hall–Kier alpha value is -3.41. The number of nitrogens with one attached hydrogen (secondary N) is 1. The fourth-order valence-corrected chi connectivity index (χ4v) is 2.32. The molecule has 0 aliphatic carbocycles. The van der Waals surface area contributed by atoms with Crippen molar-refractivity contribution in [3.8, 4) is 0 Å². The zero-order valence-corrected chi connectivity index (χ0v) is 12.2. The third-order valence-corrected chi connectivity index (χ3v) is 3.49. The van der Waals surface area contributed by atoms with Crippen molar-refractivity contribution in [3.63, 3.8) is 0 Å². The first-order valence-electron chi connectivity index (χ1n) is 6.84. The average molecular weight is 306 g/mol. The largest absolute Gasteiger partial charge is 0.478 e. The summed E-state index contributed by atoms with van der Waals surface area (Å²) < 4.78 is 0. The van der Waals surface area contributed by atoms with Gasteiger partial charge in [-0.25, -0.2) is 9.78 Å². The summed E-state index contributed by atoms with van der Waals surface area (Å²) in [6.07, 6.45) is 7.96. The van der Waals surface area contributed by atoms with Crippen molar-refractivity contribution in [2.75, 3.05) is 0 Å². The van der Waals surface area contributed by atoms with Crippen LogP contribution in [-0.4, -0.2) is 26.0 Å². The van der Waals surface area contributed by atoms with Gasteiger partial charge < -0.3 is 15.8 Å². The van der Waals surface area contributed by atoms with Crippen LogP contribution in [0.3, 0.4) is 0 Å². The Morgan fingerprint density at radius 1 is 1.35 bits per heavy atom. The predicted molar refractivity (Wildman–Crippen MR) is 88.7 cm³/mol. The first-order valence-corrected chi connectivity index (χ1v) is 6.84. The Balaban J connectivity index is 2.27. The fourth-order valence-electron chi connectivity index (χ4n) is 2.32. The van der Waals surface area contributed by atoms with Crippen LogP contribution >= 0.6 is 0 Å². The lowest BCUT2D eigenvalue weighted by Gasteiger charge is -1.98. The number of carbonyl (C=O) groups is 1. The summed E-state index contributed by atoms with van der Waals surface area (Å²) in [5.41, 5.74) is 7.95. The molecular formula is C17H14N4O2. The SMILES string of the molecule is C=C(/C=c1\c(=C/N)[nH]c2ncc(C(=O)O)cc12)c1cccnc1. The van der Waals surface area contributed by atoms with E-state index in [2.05, 4.69) is 21.5 Å². The van der Waals surface area contributed by atoms with Gasteiger partial charge in [-0.05, 0) is 29.3 Å². The van der Waals surface area contributed by atoms with Gasteiger partial charge in [0.15, 0.2) is 0 Å². The molecule has 0 aliphatic rings. The number of carboxylic acids is 1. The van der Waals surface area contributed by atoms with E-state index in [0.717, 1.165) is 16.4 Å². The summed E-state index contributed by atoms with van der Waals surface area (Å²) in [6, 6.07) is 5.29. The number of rotatable bonds is 3. The number of aromatic carboxylic acids is 1. The number of hydrogen-bond acceptors (Lipinski definition) is 4. The molecule has 0 saturated carbocycles. The molecule has 3 heterocycles. The summed E-state index contributed by atoms with van der Waals surface area (Å²) in [4.78, 5) is 22.4. The molecule has 6 heteroatoms. The van der Waals surface area contributed by atoms with E-state index < -0.39 is 5.97 Å². The maximum Gasteiger partial charge on any atom is 0.337 e. The second-order valence-corrected chi connectivity index (χ2v) is 4.96. The number of aromatic amines is 1. The summed E-state index contributed by atoms with van der Waals surface area (Å²) in [6.45, 7) is 4.04. The van der Waals surface area contributed by atoms with Crippen molar-refractivity contribution >= 4 is 34.9 Å². The van der Waals surface area contributed by atoms with Gasteiger partial charge in [-0.15, -0.1) is 0 Å². The van der Waals surface area contributed by atoms with Gasteiger partial charge in [-0.3, -0.25) is 4.98 Å². The van der Waals surface area contributed by atoms with E-state index in [1.54, 1.807) is 18.5 Å². The molecular weight excluding hydrogens is 292 g/mol. The first kappa shape index (κ1) is 14.5. The quantitative estimate of drug-likeness (QED) is 0.665. The highest BCUT2D eigenvalue weighted by molar-refractivity contribution is 5.94. The molecule has 114 valence electrons. The monoisotopic (exact) mass is 306 g/mol. The van der Waals surface area contributed by atoms with Crippen molar-refractivity contribution in [2.45, 2.75) is 0 Å². The van der Waals surface area contributed by atoms with Crippen molar-refractivity contribution < 1.29 is 9.90 Å². The molecule has 0 aliphatic heterocycles. The normalized spacial score (nSPS) is 12.7. The van der Waals surface area contributed by atoms with E-state index in [-0.39, 0.29) is 5.56 Å². The van der Waals surface area contributed by atoms with Crippen LogP contribution in [0.25, 0.3) is 28.9 Å². The topological polar surface area (TPSA) is 105 Å². The third-order valence-electron chi connectivity index (χ3n) is 3.49. The number of nitrogens with two attached hydrogens (primary N) is 1. The number of aromatic nitrogens is 3. The minimum atomic E-state index is -1.03. The average Bonchev–Trinajstić information content (AvgIpc) is 2.92. The van der Waals surface area contributed by atoms with E-state index in [4.69, 9.17) is 10.8 Å². The van der Waals surface area contributed by atoms with E-state index in [1.165, 1.54) is 12.4 Å². The van der Waals surface area contributed by atoms with Crippen LogP contribution in [-0.2, 0) is 0 Å². The van der Waals surface area contributed by atoms with Crippen LogP contribution in [0, 0.1) is 0 Å². The van der Waals surface area contributed by atoms with Crippen LogP contribution in [0.15, 0.2) is 43.4 Å². The van der Waals surface area contributed by atoms with Gasteiger partial charge in [0, 0.05) is 35.4 Å². The summed E-state index contributed by atoms with van der Waals surface area (Å²) in [5, 5.41) is 11.2. The Labute approximate surface area is 131 Å². The number of hydrogen-bond donors (Lipinski definition) is 3. The Morgan fingerprint density at radius 3 is 2.83 bits per heavy atom. The van der Waals surface area contributed by atoms with Crippen LogP contribution in [0.4, 0.5) is 0 Å². The summed E-state index contributed by atoms with van der Waals surface area (Å²) in [5.74, 6) is -1.03.